The average Bonchev–Trinajstić information content (AvgIpc) is 2.78. The van der Waals surface area contributed by atoms with E-state index >= 15 is 0 Å². The lowest BCUT2D eigenvalue weighted by molar-refractivity contribution is -0.139. The van der Waals surface area contributed by atoms with Crippen LogP contribution in [0, 0.1) is 0 Å². The first-order chi connectivity index (χ1) is 9.96. The van der Waals surface area contributed by atoms with E-state index in [2.05, 4.69) is 18.7 Å². The maximum Gasteiger partial charge on any atom is 0.311 e. The van der Waals surface area contributed by atoms with Gasteiger partial charge in [-0.05, 0) is 44.7 Å². The van der Waals surface area contributed by atoms with Crippen molar-refractivity contribution in [3.05, 3.63) is 29.8 Å². The number of anilines is 1. The fourth-order valence-electron chi connectivity index (χ4n) is 3.53. The van der Waals surface area contributed by atoms with E-state index in [1.54, 1.807) is 0 Å². The van der Waals surface area contributed by atoms with Crippen molar-refractivity contribution in [3.63, 3.8) is 0 Å². The van der Waals surface area contributed by atoms with Crippen molar-refractivity contribution < 1.29 is 14.6 Å². The summed E-state index contributed by atoms with van der Waals surface area (Å²) in [5, 5.41) is 9.38. The van der Waals surface area contributed by atoms with Crippen molar-refractivity contribution in [2.75, 3.05) is 18.0 Å². The zero-order valence-electron chi connectivity index (χ0n) is 12.7. The van der Waals surface area contributed by atoms with Crippen LogP contribution in [0.3, 0.4) is 0 Å². The second-order valence-corrected chi connectivity index (χ2v) is 6.72. The summed E-state index contributed by atoms with van der Waals surface area (Å²) in [5.41, 5.74) is 1.97. The Hall–Kier alpha value is -1.55. The molecule has 2 unspecified atom stereocenters. The Bertz CT molecular complexity index is 541. The van der Waals surface area contributed by atoms with Gasteiger partial charge < -0.3 is 14.7 Å². The van der Waals surface area contributed by atoms with Gasteiger partial charge in [-0.1, -0.05) is 18.2 Å². The number of aliphatic carboxylic acids is 1. The number of hydrogen-bond donors (Lipinski definition) is 1. The first-order valence-electron chi connectivity index (χ1n) is 7.71. The molecule has 4 heteroatoms. The molecule has 114 valence electrons. The standard InChI is InChI=1S/C17H23NO3/c1-17(2)9-7-12(21-17)11-18-10-8-14(16(19)20)13-5-3-4-6-15(13)18/h3-6,12,14H,7-11H2,1-2H3,(H,19,20). The molecular formula is C17H23NO3. The summed E-state index contributed by atoms with van der Waals surface area (Å²) >= 11 is 0. The van der Waals surface area contributed by atoms with E-state index in [0.29, 0.717) is 6.42 Å². The highest BCUT2D eigenvalue weighted by Gasteiger charge is 2.35. The Morgan fingerprint density at radius 1 is 1.38 bits per heavy atom. The minimum Gasteiger partial charge on any atom is -0.481 e. The van der Waals surface area contributed by atoms with Crippen molar-refractivity contribution in [1.82, 2.24) is 0 Å². The van der Waals surface area contributed by atoms with Crippen LogP contribution in [0.4, 0.5) is 5.69 Å². The predicted octanol–water partition coefficient (Wildman–Crippen LogP) is 3.02. The molecule has 0 saturated carbocycles. The van der Waals surface area contributed by atoms with Crippen LogP contribution in [-0.4, -0.2) is 35.9 Å². The van der Waals surface area contributed by atoms with E-state index in [1.807, 2.05) is 24.3 Å². The second kappa shape index (κ2) is 5.34. The number of ether oxygens (including phenoxy) is 1. The molecule has 3 rings (SSSR count). The van der Waals surface area contributed by atoms with Crippen molar-refractivity contribution in [2.24, 2.45) is 0 Å². The van der Waals surface area contributed by atoms with Gasteiger partial charge in [0, 0.05) is 18.8 Å². The third-order valence-corrected chi connectivity index (χ3v) is 4.62. The molecule has 1 aromatic carbocycles. The zero-order chi connectivity index (χ0) is 15.0. The van der Waals surface area contributed by atoms with Gasteiger partial charge in [0.1, 0.15) is 0 Å². The van der Waals surface area contributed by atoms with Gasteiger partial charge in [-0.2, -0.15) is 0 Å². The van der Waals surface area contributed by atoms with Crippen molar-refractivity contribution >= 4 is 11.7 Å². The molecule has 0 aromatic heterocycles. The molecule has 0 amide bonds. The Labute approximate surface area is 125 Å². The van der Waals surface area contributed by atoms with Crippen molar-refractivity contribution in [1.29, 1.82) is 0 Å². The van der Waals surface area contributed by atoms with Crippen LogP contribution in [0.15, 0.2) is 24.3 Å². The fourth-order valence-corrected chi connectivity index (χ4v) is 3.53. The monoisotopic (exact) mass is 289 g/mol. The first kappa shape index (κ1) is 14.4. The maximum absolute atomic E-state index is 11.4. The van der Waals surface area contributed by atoms with E-state index in [1.165, 1.54) is 0 Å². The van der Waals surface area contributed by atoms with Gasteiger partial charge in [-0.3, -0.25) is 4.79 Å². The SMILES string of the molecule is CC1(C)CCC(CN2CCC(C(=O)O)c3ccccc32)O1. The normalized spacial score (nSPS) is 27.4. The third-order valence-electron chi connectivity index (χ3n) is 4.62. The number of carboxylic acid groups (broad SMARTS) is 1. The van der Waals surface area contributed by atoms with E-state index in [9.17, 15) is 9.90 Å². The Balaban J connectivity index is 1.79. The number of fused-ring (bicyclic) bond motifs is 1. The molecule has 0 bridgehead atoms. The summed E-state index contributed by atoms with van der Waals surface area (Å²) in [4.78, 5) is 13.7. The quantitative estimate of drug-likeness (QED) is 0.929. The number of carbonyl (C=O) groups is 1. The van der Waals surface area contributed by atoms with Gasteiger partial charge >= 0.3 is 5.97 Å². The minimum absolute atomic E-state index is 0.0242. The van der Waals surface area contributed by atoms with Crippen LogP contribution >= 0.6 is 0 Å². The number of rotatable bonds is 3. The van der Waals surface area contributed by atoms with E-state index < -0.39 is 5.97 Å². The van der Waals surface area contributed by atoms with Gasteiger partial charge in [0.25, 0.3) is 0 Å². The highest BCUT2D eigenvalue weighted by atomic mass is 16.5. The summed E-state index contributed by atoms with van der Waals surface area (Å²) in [6, 6.07) is 7.88. The van der Waals surface area contributed by atoms with Crippen molar-refractivity contribution in [3.8, 4) is 0 Å². The third kappa shape index (κ3) is 2.91. The largest absolute Gasteiger partial charge is 0.481 e. The molecule has 1 aromatic rings. The fraction of sp³-hybridized carbons (Fsp3) is 0.588. The smallest absolute Gasteiger partial charge is 0.311 e. The Morgan fingerprint density at radius 2 is 2.14 bits per heavy atom. The molecular weight excluding hydrogens is 266 g/mol. The van der Waals surface area contributed by atoms with Crippen LogP contribution in [0.25, 0.3) is 0 Å². The van der Waals surface area contributed by atoms with Gasteiger partial charge in [0.05, 0.1) is 17.6 Å². The Kier molecular flexibility index (Phi) is 3.66. The molecule has 1 fully saturated rings. The molecule has 4 nitrogen and oxygen atoms in total. The Morgan fingerprint density at radius 3 is 2.81 bits per heavy atom. The second-order valence-electron chi connectivity index (χ2n) is 6.72. The van der Waals surface area contributed by atoms with E-state index in [4.69, 9.17) is 4.74 Å². The van der Waals surface area contributed by atoms with Crippen LogP contribution in [0.5, 0.6) is 0 Å². The average molecular weight is 289 g/mol. The highest BCUT2D eigenvalue weighted by Crippen LogP contribution is 2.37. The minimum atomic E-state index is -0.722. The molecule has 1 N–H and O–H groups in total. The number of hydrogen-bond acceptors (Lipinski definition) is 3. The molecule has 0 spiro atoms. The topological polar surface area (TPSA) is 49.8 Å². The molecule has 2 aliphatic rings. The molecule has 2 heterocycles. The molecule has 1 saturated heterocycles. The molecule has 0 aliphatic carbocycles. The number of nitrogens with zero attached hydrogens (tertiary/aromatic N) is 1. The van der Waals surface area contributed by atoms with Crippen LogP contribution in [0.2, 0.25) is 0 Å². The van der Waals surface area contributed by atoms with Gasteiger partial charge in [-0.25, -0.2) is 0 Å². The summed E-state index contributed by atoms with van der Waals surface area (Å²) < 4.78 is 6.08. The number of para-hydroxylation sites is 1. The van der Waals surface area contributed by atoms with Crippen LogP contribution in [-0.2, 0) is 9.53 Å². The molecule has 21 heavy (non-hydrogen) atoms. The lowest BCUT2D eigenvalue weighted by Crippen LogP contribution is -2.39. The van der Waals surface area contributed by atoms with Gasteiger partial charge in [0.15, 0.2) is 0 Å². The zero-order valence-corrected chi connectivity index (χ0v) is 12.7. The lowest BCUT2D eigenvalue weighted by atomic mass is 9.90. The maximum atomic E-state index is 11.4. The van der Waals surface area contributed by atoms with Gasteiger partial charge in [0.2, 0.25) is 0 Å². The molecule has 0 radical (unpaired) electrons. The van der Waals surface area contributed by atoms with Crippen LogP contribution in [0.1, 0.15) is 44.6 Å². The van der Waals surface area contributed by atoms with Gasteiger partial charge in [-0.15, -0.1) is 0 Å². The highest BCUT2D eigenvalue weighted by molar-refractivity contribution is 5.80. The summed E-state index contributed by atoms with van der Waals surface area (Å²) in [6.07, 6.45) is 3.08. The molecule has 2 aliphatic heterocycles. The van der Waals surface area contributed by atoms with E-state index in [0.717, 1.165) is 37.2 Å². The summed E-state index contributed by atoms with van der Waals surface area (Å²) in [6.45, 7) is 5.91. The number of carboxylic acids is 1. The van der Waals surface area contributed by atoms with E-state index in [-0.39, 0.29) is 17.6 Å². The molecule has 2 atom stereocenters. The van der Waals surface area contributed by atoms with Crippen molar-refractivity contribution in [2.45, 2.75) is 50.7 Å². The lowest BCUT2D eigenvalue weighted by Gasteiger charge is -2.36. The van der Waals surface area contributed by atoms with Crippen LogP contribution < -0.4 is 4.90 Å². The summed E-state index contributed by atoms with van der Waals surface area (Å²) in [5.74, 6) is -1.10. The number of benzene rings is 1. The first-order valence-corrected chi connectivity index (χ1v) is 7.71. The summed E-state index contributed by atoms with van der Waals surface area (Å²) in [7, 11) is 0. The predicted molar refractivity (Wildman–Crippen MR) is 81.8 cm³/mol.